The summed E-state index contributed by atoms with van der Waals surface area (Å²) in [5.41, 5.74) is 1.77. The van der Waals surface area contributed by atoms with Gasteiger partial charge in [-0.3, -0.25) is 9.59 Å². The largest absolute Gasteiger partial charge is 0.493 e. The molecule has 0 aromatic heterocycles. The van der Waals surface area contributed by atoms with Gasteiger partial charge < -0.3 is 24.8 Å². The van der Waals surface area contributed by atoms with E-state index in [1.54, 1.807) is 14.2 Å². The van der Waals surface area contributed by atoms with E-state index in [4.69, 9.17) is 14.2 Å². The Hall–Kier alpha value is -3.06. The number of hydrogen-bond donors (Lipinski definition) is 2. The summed E-state index contributed by atoms with van der Waals surface area (Å²) < 4.78 is 16.0. The number of rotatable bonds is 11. The summed E-state index contributed by atoms with van der Waals surface area (Å²) in [5.74, 6) is 0.861. The summed E-state index contributed by atoms with van der Waals surface area (Å²) in [6.45, 7) is 4.24. The first kappa shape index (κ1) is 23.2. The van der Waals surface area contributed by atoms with Gasteiger partial charge in [0.05, 0.1) is 32.2 Å². The van der Waals surface area contributed by atoms with Crippen LogP contribution in [0.25, 0.3) is 0 Å². The van der Waals surface area contributed by atoms with Gasteiger partial charge in [-0.25, -0.2) is 0 Å². The standard InChI is InChI=1S/C23H30N2O5/c1-16(19-10-11-21(22(14-19)29-4)30-13-12-28-3)24-23(27)15-20(25-17(2)26)18-8-6-5-7-9-18/h5-11,14,16,20H,12-13,15H2,1-4H3,(H,24,27)(H,25,26). The van der Waals surface area contributed by atoms with Gasteiger partial charge in [0.25, 0.3) is 0 Å². The quantitative estimate of drug-likeness (QED) is 0.552. The third-order valence-corrected chi connectivity index (χ3v) is 4.58. The van der Waals surface area contributed by atoms with Gasteiger partial charge in [0.2, 0.25) is 11.8 Å². The molecule has 2 N–H and O–H groups in total. The van der Waals surface area contributed by atoms with Crippen LogP contribution in [0.1, 0.15) is 43.5 Å². The van der Waals surface area contributed by atoms with Crippen molar-refractivity contribution in [2.24, 2.45) is 0 Å². The first-order valence-electron chi connectivity index (χ1n) is 9.85. The minimum absolute atomic E-state index is 0.142. The molecule has 2 amide bonds. The second-order valence-corrected chi connectivity index (χ2v) is 6.91. The fourth-order valence-corrected chi connectivity index (χ4v) is 3.06. The molecule has 2 unspecified atom stereocenters. The Morgan fingerprint density at radius 2 is 1.67 bits per heavy atom. The molecule has 0 fully saturated rings. The number of carbonyl (C=O) groups is 2. The lowest BCUT2D eigenvalue weighted by atomic mass is 10.0. The van der Waals surface area contributed by atoms with E-state index < -0.39 is 0 Å². The second kappa shape index (κ2) is 11.8. The molecule has 2 rings (SSSR count). The molecule has 2 aromatic carbocycles. The number of nitrogens with one attached hydrogen (secondary N) is 2. The number of benzene rings is 2. The molecule has 0 bridgehead atoms. The van der Waals surface area contributed by atoms with Crippen molar-refractivity contribution in [1.29, 1.82) is 0 Å². The molecule has 0 aliphatic rings. The summed E-state index contributed by atoms with van der Waals surface area (Å²) in [7, 11) is 3.19. The molecule has 7 nitrogen and oxygen atoms in total. The molecule has 162 valence electrons. The average Bonchev–Trinajstić information content (AvgIpc) is 2.73. The molecule has 0 saturated carbocycles. The van der Waals surface area contributed by atoms with Crippen LogP contribution in [0.3, 0.4) is 0 Å². The maximum Gasteiger partial charge on any atom is 0.222 e. The van der Waals surface area contributed by atoms with Crippen LogP contribution in [0.5, 0.6) is 11.5 Å². The predicted molar refractivity (Wildman–Crippen MR) is 115 cm³/mol. The molecule has 0 aliphatic carbocycles. The van der Waals surface area contributed by atoms with Crippen LogP contribution >= 0.6 is 0 Å². The Morgan fingerprint density at radius 1 is 0.933 bits per heavy atom. The van der Waals surface area contributed by atoms with Gasteiger partial charge in [-0.1, -0.05) is 36.4 Å². The number of ether oxygens (including phenoxy) is 3. The zero-order chi connectivity index (χ0) is 21.9. The van der Waals surface area contributed by atoms with Gasteiger partial charge in [0, 0.05) is 14.0 Å². The van der Waals surface area contributed by atoms with E-state index in [1.165, 1.54) is 6.92 Å². The molecule has 0 spiro atoms. The van der Waals surface area contributed by atoms with E-state index in [0.717, 1.165) is 11.1 Å². The van der Waals surface area contributed by atoms with Crippen molar-refractivity contribution >= 4 is 11.8 Å². The van der Waals surface area contributed by atoms with Crippen molar-refractivity contribution < 1.29 is 23.8 Å². The predicted octanol–water partition coefficient (Wildman–Crippen LogP) is 3.17. The highest BCUT2D eigenvalue weighted by atomic mass is 16.5. The molecule has 2 atom stereocenters. The summed E-state index contributed by atoms with van der Waals surface area (Å²) in [5, 5.41) is 5.83. The van der Waals surface area contributed by atoms with Gasteiger partial charge in [-0.15, -0.1) is 0 Å². The van der Waals surface area contributed by atoms with Gasteiger partial charge in [-0.05, 0) is 30.2 Å². The van der Waals surface area contributed by atoms with Gasteiger partial charge in [0.1, 0.15) is 6.61 Å². The topological polar surface area (TPSA) is 85.9 Å². The smallest absolute Gasteiger partial charge is 0.222 e. The van der Waals surface area contributed by atoms with Crippen molar-refractivity contribution in [2.45, 2.75) is 32.4 Å². The van der Waals surface area contributed by atoms with E-state index in [2.05, 4.69) is 10.6 Å². The molecular formula is C23H30N2O5. The highest BCUT2D eigenvalue weighted by Crippen LogP contribution is 2.30. The van der Waals surface area contributed by atoms with E-state index in [-0.39, 0.29) is 30.3 Å². The zero-order valence-electron chi connectivity index (χ0n) is 17.9. The summed E-state index contributed by atoms with van der Waals surface area (Å²) >= 11 is 0. The second-order valence-electron chi connectivity index (χ2n) is 6.91. The molecule has 0 saturated heterocycles. The molecule has 30 heavy (non-hydrogen) atoms. The van der Waals surface area contributed by atoms with E-state index in [1.807, 2.05) is 55.5 Å². The van der Waals surface area contributed by atoms with Crippen LogP contribution in [0.2, 0.25) is 0 Å². The van der Waals surface area contributed by atoms with E-state index >= 15 is 0 Å². The summed E-state index contributed by atoms with van der Waals surface area (Å²) in [6.07, 6.45) is 0.142. The number of methoxy groups -OCH3 is 2. The highest BCUT2D eigenvalue weighted by molar-refractivity contribution is 5.79. The average molecular weight is 415 g/mol. The van der Waals surface area contributed by atoms with Crippen molar-refractivity contribution in [3.8, 4) is 11.5 Å². The normalized spacial score (nSPS) is 12.5. The van der Waals surface area contributed by atoms with Crippen molar-refractivity contribution in [1.82, 2.24) is 10.6 Å². The Bertz CT molecular complexity index is 826. The minimum atomic E-state index is -0.387. The monoisotopic (exact) mass is 414 g/mol. The van der Waals surface area contributed by atoms with Crippen molar-refractivity contribution in [3.63, 3.8) is 0 Å². The van der Waals surface area contributed by atoms with Crippen molar-refractivity contribution in [3.05, 3.63) is 59.7 Å². The third kappa shape index (κ3) is 7.08. The maximum absolute atomic E-state index is 12.7. The van der Waals surface area contributed by atoms with E-state index in [0.29, 0.717) is 24.7 Å². The SMILES string of the molecule is COCCOc1ccc(C(C)NC(=O)CC(NC(C)=O)c2ccccc2)cc1OC. The van der Waals surface area contributed by atoms with Gasteiger partial charge in [-0.2, -0.15) is 0 Å². The fraction of sp³-hybridized carbons (Fsp3) is 0.391. The Morgan fingerprint density at radius 3 is 2.30 bits per heavy atom. The summed E-state index contributed by atoms with van der Waals surface area (Å²) in [6, 6.07) is 14.4. The Labute approximate surface area is 177 Å². The van der Waals surface area contributed by atoms with Crippen LogP contribution in [0.15, 0.2) is 48.5 Å². The fourth-order valence-electron chi connectivity index (χ4n) is 3.06. The number of amides is 2. The lowest BCUT2D eigenvalue weighted by Crippen LogP contribution is -2.33. The molecule has 2 aromatic rings. The van der Waals surface area contributed by atoms with Crippen molar-refractivity contribution in [2.75, 3.05) is 27.4 Å². The molecule has 0 radical (unpaired) electrons. The lowest BCUT2D eigenvalue weighted by molar-refractivity contribution is -0.123. The molecule has 0 aliphatic heterocycles. The van der Waals surface area contributed by atoms with E-state index in [9.17, 15) is 9.59 Å². The van der Waals surface area contributed by atoms with Gasteiger partial charge >= 0.3 is 0 Å². The molecule has 7 heteroatoms. The van der Waals surface area contributed by atoms with Crippen LogP contribution in [0, 0.1) is 0 Å². The van der Waals surface area contributed by atoms with Crippen LogP contribution in [0.4, 0.5) is 0 Å². The van der Waals surface area contributed by atoms with Crippen LogP contribution in [-0.4, -0.2) is 39.2 Å². The minimum Gasteiger partial charge on any atom is -0.493 e. The Kier molecular flexibility index (Phi) is 9.15. The Balaban J connectivity index is 2.04. The zero-order valence-corrected chi connectivity index (χ0v) is 17.9. The van der Waals surface area contributed by atoms with Crippen LogP contribution in [-0.2, 0) is 14.3 Å². The molecule has 0 heterocycles. The lowest BCUT2D eigenvalue weighted by Gasteiger charge is -2.21. The highest BCUT2D eigenvalue weighted by Gasteiger charge is 2.19. The summed E-state index contributed by atoms with van der Waals surface area (Å²) in [4.78, 5) is 24.2. The number of hydrogen-bond acceptors (Lipinski definition) is 5. The van der Waals surface area contributed by atoms with Crippen LogP contribution < -0.4 is 20.1 Å². The maximum atomic E-state index is 12.7. The molecular weight excluding hydrogens is 384 g/mol. The van der Waals surface area contributed by atoms with Gasteiger partial charge in [0.15, 0.2) is 11.5 Å². The number of carbonyl (C=O) groups excluding carboxylic acids is 2. The first-order valence-corrected chi connectivity index (χ1v) is 9.85. The first-order chi connectivity index (χ1) is 14.4. The third-order valence-electron chi connectivity index (χ3n) is 4.58.